The van der Waals surface area contributed by atoms with E-state index in [0.29, 0.717) is 18.5 Å². The second-order valence-electron chi connectivity index (χ2n) is 3.94. The summed E-state index contributed by atoms with van der Waals surface area (Å²) in [6.07, 6.45) is 3.66. The Morgan fingerprint density at radius 1 is 1.42 bits per heavy atom. The lowest BCUT2D eigenvalue weighted by molar-refractivity contribution is -0.140. The number of hydrogen-bond donors (Lipinski definition) is 1. The molecule has 1 rings (SSSR count). The molecule has 0 radical (unpaired) electrons. The highest BCUT2D eigenvalue weighted by Crippen LogP contribution is 2.05. The van der Waals surface area contributed by atoms with Crippen LogP contribution in [0.4, 0.5) is 0 Å². The molecule has 0 spiro atoms. The number of carbonyl (C=O) groups is 2. The van der Waals surface area contributed by atoms with Crippen LogP contribution in [0.1, 0.15) is 23.2 Å². The van der Waals surface area contributed by atoms with Crippen LogP contribution in [0.2, 0.25) is 0 Å². The Morgan fingerprint density at radius 3 is 2.79 bits per heavy atom. The van der Waals surface area contributed by atoms with Crippen molar-refractivity contribution < 1.29 is 19.4 Å². The van der Waals surface area contributed by atoms with Gasteiger partial charge in [0.05, 0.1) is 19.1 Å². The molecule has 0 bridgehead atoms. The summed E-state index contributed by atoms with van der Waals surface area (Å²) in [6.45, 7) is 0.649. The molecule has 0 fully saturated rings. The summed E-state index contributed by atoms with van der Waals surface area (Å²) in [7, 11) is 1.31. The number of hydrogen-bond acceptors (Lipinski definition) is 5. The van der Waals surface area contributed by atoms with Crippen LogP contribution >= 0.6 is 0 Å². The van der Waals surface area contributed by atoms with E-state index in [0.717, 1.165) is 0 Å². The lowest BCUT2D eigenvalue weighted by Gasteiger charge is -2.21. The number of nitrogens with zero attached hydrogens (tertiary/aromatic N) is 2. The van der Waals surface area contributed by atoms with Crippen LogP contribution in [0, 0.1) is 0 Å². The second-order valence-corrected chi connectivity index (χ2v) is 3.94. The van der Waals surface area contributed by atoms with E-state index < -0.39 is 0 Å². The molecule has 19 heavy (non-hydrogen) atoms. The van der Waals surface area contributed by atoms with Crippen LogP contribution in [0.15, 0.2) is 24.5 Å². The van der Waals surface area contributed by atoms with Crippen LogP contribution in [-0.4, -0.2) is 53.7 Å². The number of aliphatic hydroxyl groups excluding tert-OH is 1. The number of ether oxygens (including phenoxy) is 1. The van der Waals surface area contributed by atoms with E-state index >= 15 is 0 Å². The van der Waals surface area contributed by atoms with Crippen molar-refractivity contribution in [3.8, 4) is 0 Å². The van der Waals surface area contributed by atoms with Crippen molar-refractivity contribution in [1.29, 1.82) is 0 Å². The van der Waals surface area contributed by atoms with Gasteiger partial charge in [0.2, 0.25) is 0 Å². The van der Waals surface area contributed by atoms with Crippen molar-refractivity contribution in [1.82, 2.24) is 9.88 Å². The molecule has 0 aliphatic rings. The molecule has 104 valence electrons. The molecule has 1 aromatic heterocycles. The number of pyridine rings is 1. The molecule has 1 N–H and O–H groups in total. The van der Waals surface area contributed by atoms with Crippen LogP contribution in [0.25, 0.3) is 0 Å². The number of aromatic nitrogens is 1. The number of esters is 1. The zero-order valence-electron chi connectivity index (χ0n) is 10.9. The highest BCUT2D eigenvalue weighted by Gasteiger charge is 2.16. The second kappa shape index (κ2) is 8.20. The fraction of sp³-hybridized carbons (Fsp3) is 0.462. The van der Waals surface area contributed by atoms with E-state index in [1.807, 2.05) is 0 Å². The summed E-state index contributed by atoms with van der Waals surface area (Å²) in [5.41, 5.74) is 0.463. The largest absolute Gasteiger partial charge is 0.469 e. The van der Waals surface area contributed by atoms with E-state index in [1.165, 1.54) is 18.2 Å². The normalized spacial score (nSPS) is 10.0. The SMILES string of the molecule is COC(=O)CCN(CCCO)C(=O)c1cccnc1. The third kappa shape index (κ3) is 5.05. The average Bonchev–Trinajstić information content (AvgIpc) is 2.47. The summed E-state index contributed by atoms with van der Waals surface area (Å²) in [5.74, 6) is -0.571. The van der Waals surface area contributed by atoms with Crippen molar-refractivity contribution in [3.63, 3.8) is 0 Å². The Bertz CT molecular complexity index is 408. The molecule has 0 aliphatic heterocycles. The first-order valence-corrected chi connectivity index (χ1v) is 6.06. The Kier molecular flexibility index (Phi) is 6.52. The molecule has 0 saturated carbocycles. The highest BCUT2D eigenvalue weighted by atomic mass is 16.5. The fourth-order valence-corrected chi connectivity index (χ4v) is 1.58. The molecule has 0 atom stereocenters. The van der Waals surface area contributed by atoms with Gasteiger partial charge in [0.1, 0.15) is 0 Å². The summed E-state index contributed by atoms with van der Waals surface area (Å²) < 4.78 is 4.55. The van der Waals surface area contributed by atoms with Crippen molar-refractivity contribution in [2.45, 2.75) is 12.8 Å². The predicted octanol–water partition coefficient (Wildman–Crippen LogP) is 0.469. The summed E-state index contributed by atoms with van der Waals surface area (Å²) in [5, 5.41) is 8.85. The number of aliphatic hydroxyl groups is 1. The first-order valence-electron chi connectivity index (χ1n) is 6.06. The standard InChI is InChI=1S/C13H18N2O4/c1-19-12(17)5-8-15(7-3-9-16)13(18)11-4-2-6-14-10-11/h2,4,6,10,16H,3,5,7-9H2,1H3. The van der Waals surface area contributed by atoms with Crippen molar-refractivity contribution in [2.75, 3.05) is 26.8 Å². The summed E-state index contributed by atoms with van der Waals surface area (Å²) >= 11 is 0. The van der Waals surface area contributed by atoms with Gasteiger partial charge in [0, 0.05) is 32.1 Å². The minimum atomic E-state index is -0.368. The Hall–Kier alpha value is -1.95. The predicted molar refractivity (Wildman–Crippen MR) is 68.5 cm³/mol. The number of amides is 1. The molecule has 0 aliphatic carbocycles. The maximum Gasteiger partial charge on any atom is 0.307 e. The maximum absolute atomic E-state index is 12.2. The number of rotatable bonds is 7. The van der Waals surface area contributed by atoms with E-state index in [9.17, 15) is 9.59 Å². The van der Waals surface area contributed by atoms with E-state index in [2.05, 4.69) is 9.72 Å². The van der Waals surface area contributed by atoms with Crippen LogP contribution in [0.5, 0.6) is 0 Å². The van der Waals surface area contributed by atoms with Gasteiger partial charge in [-0.1, -0.05) is 0 Å². The third-order valence-corrected chi connectivity index (χ3v) is 2.60. The smallest absolute Gasteiger partial charge is 0.307 e. The lowest BCUT2D eigenvalue weighted by Crippen LogP contribution is -2.34. The summed E-state index contributed by atoms with van der Waals surface area (Å²) in [4.78, 5) is 28.7. The van der Waals surface area contributed by atoms with Gasteiger partial charge < -0.3 is 14.7 Å². The van der Waals surface area contributed by atoms with Gasteiger partial charge in [-0.2, -0.15) is 0 Å². The average molecular weight is 266 g/mol. The van der Waals surface area contributed by atoms with E-state index in [1.54, 1.807) is 18.3 Å². The molecule has 0 saturated heterocycles. The fourth-order valence-electron chi connectivity index (χ4n) is 1.58. The first-order chi connectivity index (χ1) is 9.19. The van der Waals surface area contributed by atoms with Gasteiger partial charge in [-0.25, -0.2) is 0 Å². The molecular formula is C13H18N2O4. The van der Waals surface area contributed by atoms with Crippen molar-refractivity contribution in [3.05, 3.63) is 30.1 Å². The molecule has 6 heteroatoms. The minimum absolute atomic E-state index is 0.00492. The molecule has 1 amide bonds. The van der Waals surface area contributed by atoms with Gasteiger partial charge >= 0.3 is 5.97 Å². The Labute approximate surface area is 112 Å². The highest BCUT2D eigenvalue weighted by molar-refractivity contribution is 5.94. The third-order valence-electron chi connectivity index (χ3n) is 2.60. The lowest BCUT2D eigenvalue weighted by atomic mass is 10.2. The molecule has 1 heterocycles. The quantitative estimate of drug-likeness (QED) is 0.726. The molecule has 0 aromatic carbocycles. The monoisotopic (exact) mass is 266 g/mol. The van der Waals surface area contributed by atoms with Crippen LogP contribution < -0.4 is 0 Å². The number of methoxy groups -OCH3 is 1. The Morgan fingerprint density at radius 2 is 2.21 bits per heavy atom. The van der Waals surface area contributed by atoms with Crippen LogP contribution in [0.3, 0.4) is 0 Å². The maximum atomic E-state index is 12.2. The van der Waals surface area contributed by atoms with Crippen molar-refractivity contribution >= 4 is 11.9 Å². The minimum Gasteiger partial charge on any atom is -0.469 e. The van der Waals surface area contributed by atoms with Crippen LogP contribution in [-0.2, 0) is 9.53 Å². The van der Waals surface area contributed by atoms with Gasteiger partial charge in [0.25, 0.3) is 5.91 Å². The Balaban J connectivity index is 2.67. The van der Waals surface area contributed by atoms with Gasteiger partial charge in [-0.05, 0) is 18.6 Å². The van der Waals surface area contributed by atoms with Gasteiger partial charge in [0.15, 0.2) is 0 Å². The topological polar surface area (TPSA) is 79.7 Å². The molecule has 6 nitrogen and oxygen atoms in total. The van der Waals surface area contributed by atoms with Crippen molar-refractivity contribution in [2.24, 2.45) is 0 Å². The zero-order chi connectivity index (χ0) is 14.1. The van der Waals surface area contributed by atoms with Gasteiger partial charge in [-0.15, -0.1) is 0 Å². The van der Waals surface area contributed by atoms with E-state index in [4.69, 9.17) is 5.11 Å². The molecule has 0 unspecified atom stereocenters. The molecular weight excluding hydrogens is 248 g/mol. The van der Waals surface area contributed by atoms with Gasteiger partial charge in [-0.3, -0.25) is 14.6 Å². The number of carbonyl (C=O) groups excluding carboxylic acids is 2. The summed E-state index contributed by atoms with van der Waals surface area (Å²) in [6, 6.07) is 3.34. The van der Waals surface area contributed by atoms with E-state index in [-0.39, 0.29) is 31.4 Å². The first kappa shape index (κ1) is 15.1. The zero-order valence-corrected chi connectivity index (χ0v) is 10.9. The molecule has 1 aromatic rings.